The van der Waals surface area contributed by atoms with Crippen molar-refractivity contribution in [3.63, 3.8) is 0 Å². The van der Waals surface area contributed by atoms with Gasteiger partial charge in [-0.25, -0.2) is 4.98 Å². The minimum atomic E-state index is 1.12. The number of hydrogen-bond donors (Lipinski definition) is 0. The number of thiazole rings is 1. The number of benzene rings is 1. The molecule has 1 aromatic heterocycles. The molecule has 1 nitrogen and oxygen atoms in total. The molecule has 0 aliphatic rings. The Kier molecular flexibility index (Phi) is 4.15. The van der Waals surface area contributed by atoms with E-state index in [1.54, 1.807) is 0 Å². The Labute approximate surface area is 103 Å². The maximum absolute atomic E-state index is 4.62. The number of alkyl halides is 1. The van der Waals surface area contributed by atoms with E-state index in [0.29, 0.717) is 0 Å². The Balaban J connectivity index is 1.97. The van der Waals surface area contributed by atoms with Gasteiger partial charge in [0.25, 0.3) is 0 Å². The van der Waals surface area contributed by atoms with Gasteiger partial charge >= 0.3 is 0 Å². The number of aryl methyl sites for hydroxylation is 1. The predicted octanol–water partition coefficient (Wildman–Crippen LogP) is 4.40. The van der Waals surface area contributed by atoms with Crippen LogP contribution in [0.1, 0.15) is 24.3 Å². The summed E-state index contributed by atoms with van der Waals surface area (Å²) in [5.74, 6) is 0. The third-order valence-electron chi connectivity index (χ3n) is 2.36. The van der Waals surface area contributed by atoms with Gasteiger partial charge in [0, 0.05) is 5.33 Å². The standard InChI is InChI=1S/C12H14BrNS/c13-9-5-1-2-8-12-14-10-6-3-4-7-11(10)15-12/h3-4,6-7H,1-2,5,8-9H2. The third kappa shape index (κ3) is 3.02. The predicted molar refractivity (Wildman–Crippen MR) is 71.0 cm³/mol. The molecule has 0 spiro atoms. The molecule has 0 aliphatic heterocycles. The van der Waals surface area contributed by atoms with Gasteiger partial charge in [-0.3, -0.25) is 0 Å². The lowest BCUT2D eigenvalue weighted by atomic mass is 10.2. The first-order valence-corrected chi connectivity index (χ1v) is 7.24. The highest BCUT2D eigenvalue weighted by atomic mass is 79.9. The highest BCUT2D eigenvalue weighted by Crippen LogP contribution is 2.22. The van der Waals surface area contributed by atoms with Crippen molar-refractivity contribution in [3.8, 4) is 0 Å². The molecule has 0 aliphatic carbocycles. The lowest BCUT2D eigenvalue weighted by molar-refractivity contribution is 0.722. The molecule has 0 saturated carbocycles. The van der Waals surface area contributed by atoms with Crippen LogP contribution in [0, 0.1) is 0 Å². The van der Waals surface area contributed by atoms with Crippen molar-refractivity contribution in [2.24, 2.45) is 0 Å². The molecule has 0 saturated heterocycles. The first-order chi connectivity index (χ1) is 7.40. The number of fused-ring (bicyclic) bond motifs is 1. The van der Waals surface area contributed by atoms with Crippen LogP contribution in [-0.4, -0.2) is 10.3 Å². The summed E-state index contributed by atoms with van der Waals surface area (Å²) in [5.41, 5.74) is 1.15. The van der Waals surface area contributed by atoms with Gasteiger partial charge < -0.3 is 0 Å². The summed E-state index contributed by atoms with van der Waals surface area (Å²) in [6, 6.07) is 8.37. The average Bonchev–Trinajstić information content (AvgIpc) is 2.67. The topological polar surface area (TPSA) is 12.9 Å². The molecular formula is C12H14BrNS. The summed E-state index contributed by atoms with van der Waals surface area (Å²) >= 11 is 5.28. The summed E-state index contributed by atoms with van der Waals surface area (Å²) in [4.78, 5) is 4.62. The largest absolute Gasteiger partial charge is 0.241 e. The zero-order chi connectivity index (χ0) is 10.5. The molecule has 0 N–H and O–H groups in total. The summed E-state index contributed by atoms with van der Waals surface area (Å²) < 4.78 is 1.31. The first-order valence-electron chi connectivity index (χ1n) is 5.30. The van der Waals surface area contributed by atoms with Crippen molar-refractivity contribution in [2.75, 3.05) is 5.33 Å². The van der Waals surface area contributed by atoms with Crippen LogP contribution in [0.4, 0.5) is 0 Å². The lowest BCUT2D eigenvalue weighted by Gasteiger charge is -1.94. The minimum absolute atomic E-state index is 1.12. The summed E-state index contributed by atoms with van der Waals surface area (Å²) in [6.07, 6.45) is 4.95. The van der Waals surface area contributed by atoms with Crippen LogP contribution in [0.25, 0.3) is 10.2 Å². The Morgan fingerprint density at radius 2 is 2.00 bits per heavy atom. The second-order valence-corrected chi connectivity index (χ2v) is 5.48. The van der Waals surface area contributed by atoms with E-state index in [4.69, 9.17) is 0 Å². The molecular weight excluding hydrogens is 270 g/mol. The van der Waals surface area contributed by atoms with Gasteiger partial charge in [-0.15, -0.1) is 11.3 Å². The van der Waals surface area contributed by atoms with Crippen molar-refractivity contribution in [1.82, 2.24) is 4.98 Å². The van der Waals surface area contributed by atoms with Crippen LogP contribution in [0.15, 0.2) is 24.3 Å². The molecule has 2 aromatic rings. The van der Waals surface area contributed by atoms with Crippen molar-refractivity contribution >= 4 is 37.5 Å². The number of unbranched alkanes of at least 4 members (excludes halogenated alkanes) is 2. The highest BCUT2D eigenvalue weighted by molar-refractivity contribution is 9.09. The first kappa shape index (κ1) is 11.1. The molecule has 2 rings (SSSR count). The van der Waals surface area contributed by atoms with Crippen molar-refractivity contribution in [3.05, 3.63) is 29.3 Å². The zero-order valence-corrected chi connectivity index (χ0v) is 11.0. The summed E-state index contributed by atoms with van der Waals surface area (Å²) in [5, 5.41) is 2.40. The maximum atomic E-state index is 4.62. The van der Waals surface area contributed by atoms with Crippen LogP contribution >= 0.6 is 27.3 Å². The number of nitrogens with zero attached hydrogens (tertiary/aromatic N) is 1. The molecule has 1 aromatic carbocycles. The number of halogens is 1. The van der Waals surface area contributed by atoms with Gasteiger partial charge in [-0.1, -0.05) is 34.5 Å². The molecule has 0 atom stereocenters. The second kappa shape index (κ2) is 5.61. The second-order valence-electron chi connectivity index (χ2n) is 3.57. The Morgan fingerprint density at radius 3 is 2.80 bits per heavy atom. The number of aromatic nitrogens is 1. The van der Waals surface area contributed by atoms with E-state index in [9.17, 15) is 0 Å². The van der Waals surface area contributed by atoms with Gasteiger partial charge in [0.2, 0.25) is 0 Å². The Hall–Kier alpha value is -0.410. The quantitative estimate of drug-likeness (QED) is 0.585. The summed E-state index contributed by atoms with van der Waals surface area (Å²) in [7, 11) is 0. The van der Waals surface area contributed by atoms with Gasteiger partial charge in [0.15, 0.2) is 0 Å². The van der Waals surface area contributed by atoms with E-state index in [0.717, 1.165) is 17.3 Å². The van der Waals surface area contributed by atoms with E-state index >= 15 is 0 Å². The van der Waals surface area contributed by atoms with Crippen LogP contribution in [0.2, 0.25) is 0 Å². The van der Waals surface area contributed by atoms with Gasteiger partial charge in [0.1, 0.15) is 0 Å². The van der Waals surface area contributed by atoms with Gasteiger partial charge in [-0.05, 0) is 31.4 Å². The number of para-hydroxylation sites is 1. The van der Waals surface area contributed by atoms with Crippen LogP contribution < -0.4 is 0 Å². The Morgan fingerprint density at radius 1 is 1.13 bits per heavy atom. The van der Waals surface area contributed by atoms with Crippen LogP contribution in [-0.2, 0) is 6.42 Å². The normalized spacial score (nSPS) is 11.0. The molecule has 0 unspecified atom stereocenters. The van der Waals surface area contributed by atoms with E-state index < -0.39 is 0 Å². The van der Waals surface area contributed by atoms with E-state index in [1.165, 1.54) is 29.0 Å². The highest BCUT2D eigenvalue weighted by Gasteiger charge is 2.02. The SMILES string of the molecule is BrCCCCCc1nc2ccccc2s1. The zero-order valence-electron chi connectivity index (χ0n) is 8.58. The Bertz CT molecular complexity index is 391. The molecule has 0 bridgehead atoms. The van der Waals surface area contributed by atoms with E-state index in [1.807, 2.05) is 11.3 Å². The van der Waals surface area contributed by atoms with Gasteiger partial charge in [0.05, 0.1) is 15.2 Å². The van der Waals surface area contributed by atoms with Crippen LogP contribution in [0.3, 0.4) is 0 Å². The fraction of sp³-hybridized carbons (Fsp3) is 0.417. The van der Waals surface area contributed by atoms with Crippen molar-refractivity contribution in [2.45, 2.75) is 25.7 Å². The molecule has 3 heteroatoms. The maximum Gasteiger partial charge on any atom is 0.0938 e. The molecule has 0 fully saturated rings. The van der Waals surface area contributed by atoms with Gasteiger partial charge in [-0.2, -0.15) is 0 Å². The average molecular weight is 284 g/mol. The van der Waals surface area contributed by atoms with Crippen molar-refractivity contribution < 1.29 is 0 Å². The molecule has 0 amide bonds. The molecule has 80 valence electrons. The minimum Gasteiger partial charge on any atom is -0.241 e. The summed E-state index contributed by atoms with van der Waals surface area (Å²) in [6.45, 7) is 0. The fourth-order valence-corrected chi connectivity index (χ4v) is 2.98. The molecule has 15 heavy (non-hydrogen) atoms. The monoisotopic (exact) mass is 283 g/mol. The molecule has 0 radical (unpaired) electrons. The van der Waals surface area contributed by atoms with E-state index in [-0.39, 0.29) is 0 Å². The van der Waals surface area contributed by atoms with Crippen molar-refractivity contribution in [1.29, 1.82) is 0 Å². The smallest absolute Gasteiger partial charge is 0.0938 e. The molecule has 1 heterocycles. The van der Waals surface area contributed by atoms with E-state index in [2.05, 4.69) is 45.2 Å². The third-order valence-corrected chi connectivity index (χ3v) is 4.02. The van der Waals surface area contributed by atoms with Crippen LogP contribution in [0.5, 0.6) is 0 Å². The number of rotatable bonds is 5. The number of hydrogen-bond acceptors (Lipinski definition) is 2. The fourth-order valence-electron chi connectivity index (χ4n) is 1.57. The lowest BCUT2D eigenvalue weighted by Crippen LogP contribution is -1.84.